The molecule has 3 aromatic rings. The van der Waals surface area contributed by atoms with E-state index in [1.807, 2.05) is 6.07 Å². The number of rotatable bonds is 5. The van der Waals surface area contributed by atoms with Crippen LogP contribution < -0.4 is 5.73 Å². The van der Waals surface area contributed by atoms with Crippen molar-refractivity contribution in [3.63, 3.8) is 0 Å². The summed E-state index contributed by atoms with van der Waals surface area (Å²) in [5.41, 5.74) is 8.51. The molecular weight excluding hydrogens is 545 g/mol. The highest BCUT2D eigenvalue weighted by Crippen LogP contribution is 2.51. The molecule has 6 rings (SSSR count). The van der Waals surface area contributed by atoms with Gasteiger partial charge in [-0.1, -0.05) is 17.3 Å². The molecule has 5 N–H and O–H groups in total. The highest BCUT2D eigenvalue weighted by atomic mass is 19.2. The van der Waals surface area contributed by atoms with Crippen LogP contribution in [-0.4, -0.2) is 73.5 Å². The molecule has 41 heavy (non-hydrogen) atoms. The van der Waals surface area contributed by atoms with E-state index in [1.165, 1.54) is 6.20 Å². The fraction of sp³-hybridized carbons (Fsp3) is 0.464. The lowest BCUT2D eigenvalue weighted by Gasteiger charge is -2.50. The Morgan fingerprint density at radius 3 is 2.59 bits per heavy atom. The zero-order chi connectivity index (χ0) is 29.1. The summed E-state index contributed by atoms with van der Waals surface area (Å²) in [5.74, 6) is -7.60. The van der Waals surface area contributed by atoms with E-state index in [9.17, 15) is 33.3 Å². The molecule has 10 nitrogen and oxygen atoms in total. The maximum Gasteiger partial charge on any atom is 0.249 e. The van der Waals surface area contributed by atoms with Crippen LogP contribution in [0, 0.1) is 17.5 Å². The fourth-order valence-corrected chi connectivity index (χ4v) is 6.57. The Morgan fingerprint density at radius 1 is 1.15 bits per heavy atom. The van der Waals surface area contributed by atoms with Crippen molar-refractivity contribution in [2.24, 2.45) is 5.73 Å². The molecule has 0 unspecified atom stereocenters. The minimum atomic E-state index is -1.81. The van der Waals surface area contributed by atoms with Gasteiger partial charge in [-0.05, 0) is 60.9 Å². The van der Waals surface area contributed by atoms with Crippen LogP contribution in [0.5, 0.6) is 0 Å². The number of aliphatic hydroxyl groups is 3. The molecule has 218 valence electrons. The Hall–Kier alpha value is -3.36. The van der Waals surface area contributed by atoms with E-state index in [0.29, 0.717) is 24.0 Å². The fourth-order valence-electron chi connectivity index (χ4n) is 6.57. The average Bonchev–Trinajstić information content (AvgIpc) is 3.61. The van der Waals surface area contributed by atoms with Crippen LogP contribution in [0.2, 0.25) is 0 Å². The molecule has 2 aromatic carbocycles. The molecule has 3 aliphatic rings. The first-order chi connectivity index (χ1) is 19.7. The molecule has 1 amide bonds. The van der Waals surface area contributed by atoms with Gasteiger partial charge in [0, 0.05) is 17.0 Å². The molecule has 2 aliphatic heterocycles. The number of fused-ring (bicyclic) bond motifs is 1. The lowest BCUT2D eigenvalue weighted by molar-refractivity contribution is -0.344. The van der Waals surface area contributed by atoms with Crippen molar-refractivity contribution < 1.29 is 42.8 Å². The number of aryl methyl sites for hydroxylation is 1. The third kappa shape index (κ3) is 4.43. The Balaban J connectivity index is 1.42. The van der Waals surface area contributed by atoms with Crippen molar-refractivity contribution in [2.45, 2.75) is 68.2 Å². The summed E-state index contributed by atoms with van der Waals surface area (Å²) in [5, 5.41) is 40.9. The largest absolute Gasteiger partial charge is 0.394 e. The van der Waals surface area contributed by atoms with E-state index < -0.39 is 66.0 Å². The number of aromatic nitrogens is 3. The number of hydrogen-bond acceptors (Lipinski definition) is 8. The summed E-state index contributed by atoms with van der Waals surface area (Å²) in [6, 6.07) is 3.93. The first-order valence-corrected chi connectivity index (χ1v) is 13.5. The highest BCUT2D eigenvalue weighted by Gasteiger charge is 2.62. The van der Waals surface area contributed by atoms with Crippen LogP contribution in [-0.2, 0) is 22.3 Å². The second kappa shape index (κ2) is 10.5. The van der Waals surface area contributed by atoms with Crippen molar-refractivity contribution >= 4 is 5.91 Å². The number of carbonyl (C=O) groups is 1. The second-order valence-corrected chi connectivity index (χ2v) is 10.8. The molecule has 6 atom stereocenters. The molecule has 2 fully saturated rings. The quantitative estimate of drug-likeness (QED) is 0.337. The smallest absolute Gasteiger partial charge is 0.249 e. The summed E-state index contributed by atoms with van der Waals surface area (Å²) >= 11 is 0. The number of aliphatic hydroxyl groups excluding tert-OH is 3. The van der Waals surface area contributed by atoms with Crippen LogP contribution in [0.3, 0.4) is 0 Å². The summed E-state index contributed by atoms with van der Waals surface area (Å²) in [6.07, 6.45) is 0.602. The van der Waals surface area contributed by atoms with E-state index >= 15 is 0 Å². The molecule has 1 aliphatic carbocycles. The third-order valence-corrected chi connectivity index (χ3v) is 8.48. The third-order valence-electron chi connectivity index (χ3n) is 8.48. The van der Waals surface area contributed by atoms with Gasteiger partial charge in [0.2, 0.25) is 11.7 Å². The first-order valence-electron chi connectivity index (χ1n) is 13.5. The Labute approximate surface area is 232 Å². The van der Waals surface area contributed by atoms with Crippen LogP contribution in [0.4, 0.5) is 13.2 Å². The number of carbonyl (C=O) groups excluding carboxylic acids is 1. The van der Waals surface area contributed by atoms with Crippen molar-refractivity contribution in [2.75, 3.05) is 13.2 Å². The van der Waals surface area contributed by atoms with Gasteiger partial charge in [0.25, 0.3) is 0 Å². The van der Waals surface area contributed by atoms with E-state index in [0.717, 1.165) is 47.2 Å². The van der Waals surface area contributed by atoms with Gasteiger partial charge in [0.15, 0.2) is 17.5 Å². The zero-order valence-electron chi connectivity index (χ0n) is 21.8. The number of ether oxygens (including phenoxy) is 2. The lowest BCUT2D eigenvalue weighted by atomic mass is 9.76. The first kappa shape index (κ1) is 27.8. The van der Waals surface area contributed by atoms with E-state index in [4.69, 9.17) is 15.2 Å². The Bertz CT molecular complexity index is 1480. The second-order valence-electron chi connectivity index (χ2n) is 10.8. The van der Waals surface area contributed by atoms with Crippen molar-refractivity contribution in [1.82, 2.24) is 15.0 Å². The van der Waals surface area contributed by atoms with Gasteiger partial charge in [-0.25, -0.2) is 17.9 Å². The number of nitrogens with two attached hydrogens (primary N) is 1. The summed E-state index contributed by atoms with van der Waals surface area (Å²) in [7, 11) is 0. The van der Waals surface area contributed by atoms with Gasteiger partial charge in [0.1, 0.15) is 30.0 Å². The van der Waals surface area contributed by atoms with E-state index in [-0.39, 0.29) is 17.9 Å². The summed E-state index contributed by atoms with van der Waals surface area (Å²) in [6.45, 7) is -0.514. The average molecular weight is 575 g/mol. The van der Waals surface area contributed by atoms with Crippen molar-refractivity contribution in [3.05, 3.63) is 70.2 Å². The maximum atomic E-state index is 13.9. The van der Waals surface area contributed by atoms with Gasteiger partial charge in [-0.15, -0.1) is 5.10 Å². The monoisotopic (exact) mass is 574 g/mol. The predicted molar refractivity (Wildman–Crippen MR) is 136 cm³/mol. The normalized spacial score (nSPS) is 29.6. The summed E-state index contributed by atoms with van der Waals surface area (Å²) < 4.78 is 54.5. The number of nitrogens with zero attached hydrogens (tertiary/aromatic N) is 3. The summed E-state index contributed by atoms with van der Waals surface area (Å²) in [4.78, 5) is 12.8. The molecule has 0 saturated carbocycles. The molecule has 13 heteroatoms. The molecule has 0 radical (unpaired) electrons. The number of benzene rings is 2. The topological polar surface area (TPSA) is 153 Å². The van der Waals surface area contributed by atoms with E-state index in [1.54, 1.807) is 6.07 Å². The lowest BCUT2D eigenvalue weighted by Crippen LogP contribution is -2.64. The molecule has 1 spiro atoms. The van der Waals surface area contributed by atoms with Crippen LogP contribution in [0.25, 0.3) is 11.3 Å². The molecule has 1 aromatic heterocycles. The molecular formula is C28H29F3N4O6. The number of hydrogen-bond donors (Lipinski definition) is 4. The molecule has 2 saturated heterocycles. The van der Waals surface area contributed by atoms with Crippen LogP contribution >= 0.6 is 0 Å². The van der Waals surface area contributed by atoms with Gasteiger partial charge in [0.05, 0.1) is 19.4 Å². The van der Waals surface area contributed by atoms with Crippen molar-refractivity contribution in [1.29, 1.82) is 0 Å². The minimum absolute atomic E-state index is 0.0575. The Morgan fingerprint density at radius 2 is 1.88 bits per heavy atom. The number of primary amides is 1. The van der Waals surface area contributed by atoms with Crippen molar-refractivity contribution in [3.8, 4) is 11.3 Å². The SMILES string of the molecule is NC(=O)c1c([C@H]2CCO[C@]23O[C@H](CO)[C@H](O)[C@H](n2cc(-c4cc(F)c(F)c(F)c4)nn2)[C@H]3O)ccc2c1CCCC2. The van der Waals surface area contributed by atoms with Gasteiger partial charge in [-0.2, -0.15) is 0 Å². The van der Waals surface area contributed by atoms with Gasteiger partial charge >= 0.3 is 0 Å². The molecule has 0 bridgehead atoms. The number of halogens is 3. The molecule has 3 heterocycles. The van der Waals surface area contributed by atoms with Crippen LogP contribution in [0.1, 0.15) is 58.3 Å². The highest BCUT2D eigenvalue weighted by molar-refractivity contribution is 5.96. The minimum Gasteiger partial charge on any atom is -0.394 e. The standard InChI is InChI=1S/C28H29F3N4O6/c29-18-9-14(10-19(30)23(18)31)20-11-35(34-33-20)24-25(37)21(12-36)41-28(26(24)38)17(7-8-40-28)16-6-5-13-3-1-2-4-15(13)22(16)27(32)39/h5-6,9-11,17,21,24-26,36-38H,1-4,7-8,12H2,(H2,32,39)/t17-,21-,24+,25+,26-,28+/m1/s1. The number of amides is 1. The van der Waals surface area contributed by atoms with Gasteiger partial charge < -0.3 is 30.5 Å². The maximum absolute atomic E-state index is 13.9. The predicted octanol–water partition coefficient (Wildman–Crippen LogP) is 1.89. The Kier molecular flexibility index (Phi) is 7.10. The zero-order valence-corrected chi connectivity index (χ0v) is 21.8. The van der Waals surface area contributed by atoms with Crippen LogP contribution in [0.15, 0.2) is 30.5 Å². The van der Waals surface area contributed by atoms with E-state index in [2.05, 4.69) is 10.3 Å². The van der Waals surface area contributed by atoms with Gasteiger partial charge in [-0.3, -0.25) is 4.79 Å².